The Hall–Kier alpha value is -2.28. The van der Waals surface area contributed by atoms with E-state index in [1.54, 1.807) is 31.5 Å². The van der Waals surface area contributed by atoms with Crippen LogP contribution < -0.4 is 14.4 Å². The molecule has 0 amide bonds. The van der Waals surface area contributed by atoms with Gasteiger partial charge in [-0.15, -0.1) is 0 Å². The van der Waals surface area contributed by atoms with Crippen LogP contribution in [0.5, 0.6) is 5.75 Å². The van der Waals surface area contributed by atoms with Crippen molar-refractivity contribution < 1.29 is 13.2 Å². The van der Waals surface area contributed by atoms with Crippen LogP contribution in [0.4, 0.5) is 11.5 Å². The quantitative estimate of drug-likeness (QED) is 0.867. The minimum Gasteiger partial charge on any atom is -0.496 e. The predicted molar refractivity (Wildman–Crippen MR) is 103 cm³/mol. The van der Waals surface area contributed by atoms with Gasteiger partial charge in [-0.25, -0.2) is 13.4 Å². The van der Waals surface area contributed by atoms with Gasteiger partial charge in [-0.05, 0) is 61.6 Å². The summed E-state index contributed by atoms with van der Waals surface area (Å²) in [5, 5.41) is 0. The lowest BCUT2D eigenvalue weighted by Gasteiger charge is -2.31. The summed E-state index contributed by atoms with van der Waals surface area (Å²) in [5.41, 5.74) is 1.22. The zero-order valence-corrected chi connectivity index (χ0v) is 16.2. The molecule has 1 aliphatic rings. The second-order valence-electron chi connectivity index (χ2n) is 6.84. The van der Waals surface area contributed by atoms with Crippen molar-refractivity contribution in [2.45, 2.75) is 31.6 Å². The first kappa shape index (κ1) is 18.5. The number of methoxy groups -OCH3 is 1. The molecule has 1 aromatic heterocycles. The number of aromatic nitrogens is 1. The second kappa shape index (κ2) is 7.53. The van der Waals surface area contributed by atoms with Crippen molar-refractivity contribution in [3.8, 4) is 5.75 Å². The third-order valence-corrected chi connectivity index (χ3v) is 6.04. The number of pyridine rings is 1. The Morgan fingerprint density at radius 1 is 1.27 bits per heavy atom. The first-order chi connectivity index (χ1) is 12.4. The van der Waals surface area contributed by atoms with Crippen LogP contribution in [0.2, 0.25) is 0 Å². The molecule has 2 aromatic rings. The molecule has 0 bridgehead atoms. The molecular weight excluding hydrogens is 350 g/mol. The molecule has 3 rings (SSSR count). The van der Waals surface area contributed by atoms with E-state index in [2.05, 4.69) is 21.5 Å². The lowest BCUT2D eigenvalue weighted by molar-refractivity contribution is 0.411. The van der Waals surface area contributed by atoms with Crippen molar-refractivity contribution in [2.24, 2.45) is 5.92 Å². The predicted octanol–water partition coefficient (Wildman–Crippen LogP) is 3.44. The molecule has 0 radical (unpaired) electrons. The molecule has 0 saturated carbocycles. The van der Waals surface area contributed by atoms with Gasteiger partial charge >= 0.3 is 0 Å². The van der Waals surface area contributed by atoms with Crippen LogP contribution in [0.15, 0.2) is 41.4 Å². The summed E-state index contributed by atoms with van der Waals surface area (Å²) in [6.45, 7) is 6.04. The van der Waals surface area contributed by atoms with Crippen LogP contribution in [0, 0.1) is 12.8 Å². The molecule has 140 valence electrons. The van der Waals surface area contributed by atoms with E-state index < -0.39 is 10.0 Å². The minimum atomic E-state index is -3.67. The number of aryl methyl sites for hydroxylation is 1. The number of hydrogen-bond donors (Lipinski definition) is 1. The Morgan fingerprint density at radius 3 is 2.69 bits per heavy atom. The van der Waals surface area contributed by atoms with Gasteiger partial charge in [0.05, 0.1) is 23.9 Å². The number of rotatable bonds is 5. The van der Waals surface area contributed by atoms with Crippen molar-refractivity contribution in [2.75, 3.05) is 29.8 Å². The summed E-state index contributed by atoms with van der Waals surface area (Å²) in [6, 6.07) is 8.41. The molecule has 1 aliphatic heterocycles. The van der Waals surface area contributed by atoms with Gasteiger partial charge in [-0.2, -0.15) is 0 Å². The van der Waals surface area contributed by atoms with Crippen molar-refractivity contribution in [1.82, 2.24) is 4.98 Å². The highest BCUT2D eigenvalue weighted by Gasteiger charge is 2.19. The highest BCUT2D eigenvalue weighted by Crippen LogP contribution is 2.25. The Bertz CT molecular complexity index is 866. The zero-order valence-electron chi connectivity index (χ0n) is 15.4. The summed E-state index contributed by atoms with van der Waals surface area (Å²) in [7, 11) is -2.11. The summed E-state index contributed by atoms with van der Waals surface area (Å²) >= 11 is 0. The molecule has 2 heterocycles. The van der Waals surface area contributed by atoms with Gasteiger partial charge in [0.15, 0.2) is 0 Å². The molecule has 7 heteroatoms. The first-order valence-corrected chi connectivity index (χ1v) is 10.3. The van der Waals surface area contributed by atoms with Gasteiger partial charge in [0.2, 0.25) is 0 Å². The van der Waals surface area contributed by atoms with Gasteiger partial charge in [0.25, 0.3) is 10.0 Å². The standard InChI is InChI=1S/C19H25N3O3S/c1-14-5-4-10-22(13-14)19-9-6-16(12-20-19)21-26(23,24)17-7-8-18(25-3)15(2)11-17/h6-9,11-12,14,21H,4-5,10,13H2,1-3H3. The Balaban J connectivity index is 1.74. The molecule has 26 heavy (non-hydrogen) atoms. The van der Waals surface area contributed by atoms with Gasteiger partial charge in [0.1, 0.15) is 11.6 Å². The van der Waals surface area contributed by atoms with Crippen LogP contribution in [0.3, 0.4) is 0 Å². The average molecular weight is 375 g/mol. The third-order valence-electron chi connectivity index (χ3n) is 4.66. The van der Waals surface area contributed by atoms with E-state index in [1.807, 2.05) is 13.0 Å². The SMILES string of the molecule is COc1ccc(S(=O)(=O)Nc2ccc(N3CCCC(C)C3)nc2)cc1C. The molecule has 6 nitrogen and oxygen atoms in total. The first-order valence-electron chi connectivity index (χ1n) is 8.77. The largest absolute Gasteiger partial charge is 0.496 e. The topological polar surface area (TPSA) is 71.5 Å². The molecule has 0 aliphatic carbocycles. The lowest BCUT2D eigenvalue weighted by Crippen LogP contribution is -2.34. The number of nitrogens with zero attached hydrogens (tertiary/aromatic N) is 2. The van der Waals surface area contributed by atoms with E-state index in [0.717, 1.165) is 30.9 Å². The van der Waals surface area contributed by atoms with Crippen LogP contribution in [0.1, 0.15) is 25.3 Å². The summed E-state index contributed by atoms with van der Waals surface area (Å²) in [5.74, 6) is 2.20. The van der Waals surface area contributed by atoms with E-state index >= 15 is 0 Å². The van der Waals surface area contributed by atoms with Crippen molar-refractivity contribution in [3.63, 3.8) is 0 Å². The maximum absolute atomic E-state index is 12.6. The molecule has 1 atom stereocenters. The smallest absolute Gasteiger partial charge is 0.261 e. The second-order valence-corrected chi connectivity index (χ2v) is 8.52. The van der Waals surface area contributed by atoms with Gasteiger partial charge < -0.3 is 9.64 Å². The van der Waals surface area contributed by atoms with E-state index in [4.69, 9.17) is 4.74 Å². The lowest BCUT2D eigenvalue weighted by atomic mass is 10.0. The summed E-state index contributed by atoms with van der Waals surface area (Å²) < 4.78 is 33.0. The Labute approximate surface area is 155 Å². The molecule has 1 N–H and O–H groups in total. The van der Waals surface area contributed by atoms with Gasteiger partial charge in [0, 0.05) is 13.1 Å². The molecule has 1 fully saturated rings. The zero-order chi connectivity index (χ0) is 18.7. The maximum atomic E-state index is 12.6. The van der Waals surface area contributed by atoms with E-state index in [0.29, 0.717) is 17.4 Å². The highest BCUT2D eigenvalue weighted by molar-refractivity contribution is 7.92. The molecule has 1 unspecified atom stereocenters. The fraction of sp³-hybridized carbons (Fsp3) is 0.421. The van der Waals surface area contributed by atoms with Gasteiger partial charge in [-0.3, -0.25) is 4.72 Å². The number of hydrogen-bond acceptors (Lipinski definition) is 5. The molecule has 0 spiro atoms. The number of piperidine rings is 1. The maximum Gasteiger partial charge on any atom is 0.261 e. The van der Waals surface area contributed by atoms with Crippen LogP contribution in [-0.4, -0.2) is 33.6 Å². The molecular formula is C19H25N3O3S. The highest BCUT2D eigenvalue weighted by atomic mass is 32.2. The van der Waals surface area contributed by atoms with Crippen LogP contribution in [-0.2, 0) is 10.0 Å². The van der Waals surface area contributed by atoms with Crippen LogP contribution in [0.25, 0.3) is 0 Å². The van der Waals surface area contributed by atoms with E-state index in [1.165, 1.54) is 12.5 Å². The van der Waals surface area contributed by atoms with Crippen molar-refractivity contribution in [3.05, 3.63) is 42.1 Å². The number of nitrogens with one attached hydrogen (secondary N) is 1. The monoisotopic (exact) mass is 375 g/mol. The fourth-order valence-electron chi connectivity index (χ4n) is 3.26. The third kappa shape index (κ3) is 4.09. The van der Waals surface area contributed by atoms with E-state index in [-0.39, 0.29) is 4.90 Å². The van der Waals surface area contributed by atoms with Crippen molar-refractivity contribution >= 4 is 21.5 Å². The average Bonchev–Trinajstić information content (AvgIpc) is 2.62. The summed E-state index contributed by atoms with van der Waals surface area (Å²) in [4.78, 5) is 6.89. The summed E-state index contributed by atoms with van der Waals surface area (Å²) in [6.07, 6.45) is 3.98. The Morgan fingerprint density at radius 2 is 2.08 bits per heavy atom. The fourth-order valence-corrected chi connectivity index (χ4v) is 4.39. The minimum absolute atomic E-state index is 0.199. The number of ether oxygens (including phenoxy) is 1. The normalized spacial score (nSPS) is 17.8. The molecule has 1 saturated heterocycles. The van der Waals surface area contributed by atoms with Gasteiger partial charge in [-0.1, -0.05) is 6.92 Å². The number of benzene rings is 1. The number of anilines is 2. The molecule has 1 aromatic carbocycles. The number of sulfonamides is 1. The van der Waals surface area contributed by atoms with Crippen molar-refractivity contribution in [1.29, 1.82) is 0 Å². The Kier molecular flexibility index (Phi) is 5.36. The van der Waals surface area contributed by atoms with E-state index in [9.17, 15) is 8.42 Å². The van der Waals surface area contributed by atoms with Crippen LogP contribution >= 0.6 is 0 Å².